The Morgan fingerprint density at radius 1 is 1.21 bits per heavy atom. The number of carbonyl (C=O) groups excluding carboxylic acids is 1. The molecule has 8 heteroatoms. The highest BCUT2D eigenvalue weighted by molar-refractivity contribution is 7.13. The summed E-state index contributed by atoms with van der Waals surface area (Å²) in [4.78, 5) is 15.7. The first-order chi connectivity index (χ1) is 14.1. The normalized spacial score (nSPS) is 10.8. The second kappa shape index (κ2) is 10.3. The lowest BCUT2D eigenvalue weighted by atomic mass is 10.1. The van der Waals surface area contributed by atoms with Gasteiger partial charge in [-0.2, -0.15) is 5.10 Å². The van der Waals surface area contributed by atoms with Crippen molar-refractivity contribution in [3.8, 4) is 5.75 Å². The number of aromatic nitrogens is 1. The van der Waals surface area contributed by atoms with E-state index in [1.165, 1.54) is 23.5 Å². The summed E-state index contributed by atoms with van der Waals surface area (Å²) in [5.74, 6) is 0.0333. The standard InChI is InChI=1S/C21H20FN3O3S/c1-2-27-20(26)11-18-14-29-21(24-18)25-23-12-15-3-5-16(6-4-15)13-28-19-9-7-17(22)8-10-19/h3-10,12,14H,2,11,13H2,1H3,(H,24,25). The number of ether oxygens (including phenoxy) is 2. The number of hydrazone groups is 1. The molecule has 3 aromatic rings. The number of benzene rings is 2. The molecule has 150 valence electrons. The predicted octanol–water partition coefficient (Wildman–Crippen LogP) is 4.41. The third kappa shape index (κ3) is 6.69. The van der Waals surface area contributed by atoms with E-state index in [0.29, 0.717) is 29.8 Å². The zero-order valence-electron chi connectivity index (χ0n) is 15.8. The van der Waals surface area contributed by atoms with Gasteiger partial charge in [-0.05, 0) is 42.3 Å². The Bertz CT molecular complexity index is 956. The number of halogens is 1. The molecule has 1 N–H and O–H groups in total. The second-order valence-corrected chi connectivity index (χ2v) is 6.84. The summed E-state index contributed by atoms with van der Waals surface area (Å²) in [6.07, 6.45) is 1.83. The van der Waals surface area contributed by atoms with E-state index in [4.69, 9.17) is 9.47 Å². The Morgan fingerprint density at radius 3 is 2.69 bits per heavy atom. The molecule has 0 saturated heterocycles. The van der Waals surface area contributed by atoms with Crippen molar-refractivity contribution in [1.29, 1.82) is 0 Å². The average molecular weight is 413 g/mol. The molecule has 3 rings (SSSR count). The van der Waals surface area contributed by atoms with Gasteiger partial charge >= 0.3 is 5.97 Å². The fraction of sp³-hybridized carbons (Fsp3) is 0.190. The van der Waals surface area contributed by atoms with Gasteiger partial charge in [-0.25, -0.2) is 9.37 Å². The lowest BCUT2D eigenvalue weighted by Crippen LogP contribution is -2.07. The number of hydrogen-bond acceptors (Lipinski definition) is 7. The van der Waals surface area contributed by atoms with Crippen molar-refractivity contribution in [2.75, 3.05) is 12.0 Å². The van der Waals surface area contributed by atoms with Crippen LogP contribution in [0, 0.1) is 5.82 Å². The number of rotatable bonds is 9. The molecule has 0 atom stereocenters. The van der Waals surface area contributed by atoms with Crippen molar-refractivity contribution in [2.24, 2.45) is 5.10 Å². The van der Waals surface area contributed by atoms with E-state index < -0.39 is 0 Å². The van der Waals surface area contributed by atoms with Crippen LogP contribution < -0.4 is 10.2 Å². The molecule has 0 fully saturated rings. The Balaban J connectivity index is 1.47. The molecule has 0 aliphatic carbocycles. The molecule has 0 bridgehead atoms. The number of carbonyl (C=O) groups is 1. The van der Waals surface area contributed by atoms with Gasteiger partial charge in [0.05, 0.1) is 24.9 Å². The van der Waals surface area contributed by atoms with Crippen LogP contribution >= 0.6 is 11.3 Å². The fourth-order valence-electron chi connectivity index (χ4n) is 2.36. The molecule has 0 radical (unpaired) electrons. The molecule has 1 aromatic heterocycles. The highest BCUT2D eigenvalue weighted by Gasteiger charge is 2.07. The van der Waals surface area contributed by atoms with Gasteiger partial charge in [0.15, 0.2) is 0 Å². The van der Waals surface area contributed by atoms with Gasteiger partial charge in [0.1, 0.15) is 18.2 Å². The van der Waals surface area contributed by atoms with Gasteiger partial charge in [0.25, 0.3) is 0 Å². The molecule has 0 aliphatic rings. The molecule has 0 unspecified atom stereocenters. The summed E-state index contributed by atoms with van der Waals surface area (Å²) in [5, 5.41) is 6.56. The van der Waals surface area contributed by atoms with E-state index in [1.807, 2.05) is 24.3 Å². The number of esters is 1. The average Bonchev–Trinajstić information content (AvgIpc) is 3.16. The van der Waals surface area contributed by atoms with Crippen LogP contribution in [0.1, 0.15) is 23.7 Å². The number of nitrogens with zero attached hydrogens (tertiary/aromatic N) is 2. The Hall–Kier alpha value is -3.26. The Kier molecular flexibility index (Phi) is 7.29. The summed E-state index contributed by atoms with van der Waals surface area (Å²) < 4.78 is 23.4. The van der Waals surface area contributed by atoms with Crippen LogP contribution in [0.15, 0.2) is 59.0 Å². The van der Waals surface area contributed by atoms with E-state index in [0.717, 1.165) is 11.1 Å². The topological polar surface area (TPSA) is 72.8 Å². The molecule has 6 nitrogen and oxygen atoms in total. The molecule has 0 spiro atoms. The molecule has 0 aliphatic heterocycles. The summed E-state index contributed by atoms with van der Waals surface area (Å²) in [6.45, 7) is 2.52. The minimum atomic E-state index is -0.295. The lowest BCUT2D eigenvalue weighted by molar-refractivity contribution is -0.142. The van der Waals surface area contributed by atoms with Crippen LogP contribution in [0.2, 0.25) is 0 Å². The van der Waals surface area contributed by atoms with Crippen molar-refractivity contribution in [2.45, 2.75) is 20.0 Å². The van der Waals surface area contributed by atoms with E-state index >= 15 is 0 Å². The molecular formula is C21H20FN3O3S. The first-order valence-electron chi connectivity index (χ1n) is 8.99. The largest absolute Gasteiger partial charge is 0.489 e. The van der Waals surface area contributed by atoms with Crippen LogP contribution in [-0.4, -0.2) is 23.8 Å². The summed E-state index contributed by atoms with van der Waals surface area (Å²) in [5.41, 5.74) is 5.40. The van der Waals surface area contributed by atoms with Gasteiger partial charge in [-0.15, -0.1) is 11.3 Å². The van der Waals surface area contributed by atoms with Crippen LogP contribution in [0.3, 0.4) is 0 Å². The van der Waals surface area contributed by atoms with Gasteiger partial charge in [0, 0.05) is 5.38 Å². The summed E-state index contributed by atoms with van der Waals surface area (Å²) >= 11 is 1.37. The zero-order valence-corrected chi connectivity index (χ0v) is 16.6. The van der Waals surface area contributed by atoms with E-state index in [9.17, 15) is 9.18 Å². The second-order valence-electron chi connectivity index (χ2n) is 5.98. The smallest absolute Gasteiger partial charge is 0.311 e. The van der Waals surface area contributed by atoms with Gasteiger partial charge in [-0.3, -0.25) is 10.2 Å². The third-order valence-corrected chi connectivity index (χ3v) is 4.55. The number of anilines is 1. The minimum absolute atomic E-state index is 0.150. The number of hydrogen-bond donors (Lipinski definition) is 1. The van der Waals surface area contributed by atoms with Gasteiger partial charge < -0.3 is 9.47 Å². The highest BCUT2D eigenvalue weighted by Crippen LogP contribution is 2.16. The monoisotopic (exact) mass is 413 g/mol. The first kappa shape index (κ1) is 20.5. The van der Waals surface area contributed by atoms with Gasteiger partial charge in [0.2, 0.25) is 5.13 Å². The van der Waals surface area contributed by atoms with E-state index in [1.54, 1.807) is 30.7 Å². The molecule has 29 heavy (non-hydrogen) atoms. The van der Waals surface area contributed by atoms with Crippen molar-refractivity contribution in [3.05, 3.63) is 76.5 Å². The first-order valence-corrected chi connectivity index (χ1v) is 9.87. The van der Waals surface area contributed by atoms with Crippen LogP contribution in [0.25, 0.3) is 0 Å². The zero-order chi connectivity index (χ0) is 20.5. The molecule has 0 saturated carbocycles. The number of nitrogens with one attached hydrogen (secondary N) is 1. The maximum absolute atomic E-state index is 12.9. The molecule has 1 heterocycles. The van der Waals surface area contributed by atoms with Crippen molar-refractivity contribution < 1.29 is 18.7 Å². The molecule has 0 amide bonds. The molecular weight excluding hydrogens is 393 g/mol. The van der Waals surface area contributed by atoms with Crippen LogP contribution in [-0.2, 0) is 22.6 Å². The quantitative estimate of drug-likeness (QED) is 0.320. The Labute approximate surface area is 172 Å². The Morgan fingerprint density at radius 2 is 1.97 bits per heavy atom. The van der Waals surface area contributed by atoms with Crippen molar-refractivity contribution in [1.82, 2.24) is 4.98 Å². The summed E-state index contributed by atoms with van der Waals surface area (Å²) in [6, 6.07) is 13.6. The maximum Gasteiger partial charge on any atom is 0.311 e. The highest BCUT2D eigenvalue weighted by atomic mass is 32.1. The molecule has 2 aromatic carbocycles. The predicted molar refractivity (Wildman–Crippen MR) is 111 cm³/mol. The maximum atomic E-state index is 12.9. The summed E-state index contributed by atoms with van der Waals surface area (Å²) in [7, 11) is 0. The minimum Gasteiger partial charge on any atom is -0.489 e. The number of thiazole rings is 1. The van der Waals surface area contributed by atoms with Crippen LogP contribution in [0.4, 0.5) is 9.52 Å². The SMILES string of the molecule is CCOC(=O)Cc1csc(NN=Cc2ccc(COc3ccc(F)cc3)cc2)n1. The third-order valence-electron chi connectivity index (χ3n) is 3.76. The lowest BCUT2D eigenvalue weighted by Gasteiger charge is -2.06. The van der Waals surface area contributed by atoms with Crippen molar-refractivity contribution in [3.63, 3.8) is 0 Å². The van der Waals surface area contributed by atoms with Crippen molar-refractivity contribution >= 4 is 28.7 Å². The van der Waals surface area contributed by atoms with E-state index in [2.05, 4.69) is 15.5 Å². The van der Waals surface area contributed by atoms with Gasteiger partial charge in [-0.1, -0.05) is 24.3 Å². The van der Waals surface area contributed by atoms with E-state index in [-0.39, 0.29) is 18.2 Å². The van der Waals surface area contributed by atoms with Crippen LogP contribution in [0.5, 0.6) is 5.75 Å². The fourth-order valence-corrected chi connectivity index (χ4v) is 3.02.